The molecular weight excluding hydrogens is 398 g/mol. The molecule has 2 aromatic rings. The van der Waals surface area contributed by atoms with Gasteiger partial charge in [-0.3, -0.25) is 29.8 Å². The van der Waals surface area contributed by atoms with Gasteiger partial charge in [-0.1, -0.05) is 12.1 Å². The molecule has 11 heteroatoms. The molecule has 154 valence electrons. The summed E-state index contributed by atoms with van der Waals surface area (Å²) in [4.78, 5) is 47.1. The van der Waals surface area contributed by atoms with Crippen LogP contribution in [0.5, 0.6) is 0 Å². The van der Waals surface area contributed by atoms with Gasteiger partial charge in [-0.15, -0.1) is 0 Å². The molecule has 0 radical (unpaired) electrons. The number of hydrogen-bond donors (Lipinski definition) is 2. The average molecular weight is 413 g/mol. The molecule has 1 saturated heterocycles. The number of benzene rings is 2. The fraction of sp³-hybridized carbons (Fsp3) is 0.158. The molecule has 0 aromatic heterocycles. The van der Waals surface area contributed by atoms with Gasteiger partial charge >= 0.3 is 0 Å². The summed E-state index contributed by atoms with van der Waals surface area (Å²) < 4.78 is 0. The lowest BCUT2D eigenvalue weighted by Crippen LogP contribution is -2.32. The lowest BCUT2D eigenvalue weighted by atomic mass is 9.94. The minimum Gasteiger partial charge on any atom is -0.507 e. The van der Waals surface area contributed by atoms with E-state index in [9.17, 15) is 40.0 Å². The lowest BCUT2D eigenvalue weighted by molar-refractivity contribution is -0.385. The van der Waals surface area contributed by atoms with Crippen molar-refractivity contribution in [2.45, 2.75) is 6.04 Å². The standard InChI is InChI=1S/C19H15N3O8/c23-10-9-20-16(13-3-1-2-4-14(13)22(29)30)15(18(25)19(20)26)17(24)11-5-7-12(8-6-11)21(27)28/h1-8,16,23-24H,9-10H2/b17-15-. The van der Waals surface area contributed by atoms with Crippen LogP contribution in [0.4, 0.5) is 11.4 Å². The zero-order valence-corrected chi connectivity index (χ0v) is 15.3. The number of hydrogen-bond acceptors (Lipinski definition) is 8. The fourth-order valence-corrected chi connectivity index (χ4v) is 3.32. The van der Waals surface area contributed by atoms with Crippen molar-refractivity contribution in [3.8, 4) is 0 Å². The van der Waals surface area contributed by atoms with Crippen LogP contribution in [0.2, 0.25) is 0 Å². The van der Waals surface area contributed by atoms with Crippen molar-refractivity contribution in [3.05, 3.63) is 85.5 Å². The number of β-amino-alcohol motifs (C(OH)–C–C–N with tert-alkyl or cyclic N) is 1. The van der Waals surface area contributed by atoms with E-state index >= 15 is 0 Å². The zero-order valence-electron chi connectivity index (χ0n) is 15.3. The second-order valence-corrected chi connectivity index (χ2v) is 6.34. The maximum absolute atomic E-state index is 12.7. The van der Waals surface area contributed by atoms with Crippen molar-refractivity contribution < 1.29 is 29.6 Å². The third-order valence-corrected chi connectivity index (χ3v) is 4.66. The van der Waals surface area contributed by atoms with Crippen LogP contribution in [0.25, 0.3) is 5.76 Å². The highest BCUT2D eigenvalue weighted by Gasteiger charge is 2.47. The summed E-state index contributed by atoms with van der Waals surface area (Å²) >= 11 is 0. The summed E-state index contributed by atoms with van der Waals surface area (Å²) in [5.41, 5.74) is -1.02. The molecule has 2 N–H and O–H groups in total. The minimum absolute atomic E-state index is 0.0152. The Bertz CT molecular complexity index is 1080. The number of nitrogens with zero attached hydrogens (tertiary/aromatic N) is 3. The molecule has 1 atom stereocenters. The Morgan fingerprint density at radius 3 is 2.20 bits per heavy atom. The Balaban J connectivity index is 2.23. The minimum atomic E-state index is -1.31. The molecule has 1 aliphatic rings. The Hall–Kier alpha value is -4.12. The highest BCUT2D eigenvalue weighted by atomic mass is 16.6. The van der Waals surface area contributed by atoms with E-state index in [1.165, 1.54) is 36.4 Å². The number of likely N-dealkylation sites (tertiary alicyclic amines) is 1. The van der Waals surface area contributed by atoms with E-state index in [2.05, 4.69) is 0 Å². The van der Waals surface area contributed by atoms with Gasteiger partial charge in [0.2, 0.25) is 0 Å². The molecule has 0 aliphatic carbocycles. The van der Waals surface area contributed by atoms with E-state index in [0.717, 1.165) is 17.0 Å². The van der Waals surface area contributed by atoms with E-state index in [0.29, 0.717) is 0 Å². The Kier molecular flexibility index (Phi) is 5.56. The number of ketones is 1. The van der Waals surface area contributed by atoms with Crippen molar-refractivity contribution >= 4 is 28.8 Å². The van der Waals surface area contributed by atoms with Crippen LogP contribution in [-0.4, -0.2) is 49.8 Å². The fourth-order valence-electron chi connectivity index (χ4n) is 3.32. The van der Waals surface area contributed by atoms with E-state index in [-0.39, 0.29) is 29.0 Å². The van der Waals surface area contributed by atoms with Gasteiger partial charge in [-0.25, -0.2) is 0 Å². The van der Waals surface area contributed by atoms with Gasteiger partial charge in [0.1, 0.15) is 5.76 Å². The topological polar surface area (TPSA) is 164 Å². The molecule has 0 bridgehead atoms. The molecule has 0 saturated carbocycles. The van der Waals surface area contributed by atoms with Gasteiger partial charge < -0.3 is 15.1 Å². The number of nitro groups is 2. The summed E-state index contributed by atoms with van der Waals surface area (Å²) in [5, 5.41) is 42.4. The normalized spacial score (nSPS) is 17.9. The number of amides is 1. The van der Waals surface area contributed by atoms with Crippen molar-refractivity contribution in [1.29, 1.82) is 0 Å². The quantitative estimate of drug-likeness (QED) is 0.238. The van der Waals surface area contributed by atoms with Crippen molar-refractivity contribution in [3.63, 3.8) is 0 Å². The van der Waals surface area contributed by atoms with Crippen molar-refractivity contribution in [1.82, 2.24) is 4.90 Å². The summed E-state index contributed by atoms with van der Waals surface area (Å²) in [6.07, 6.45) is 0. The summed E-state index contributed by atoms with van der Waals surface area (Å²) in [7, 11) is 0. The van der Waals surface area contributed by atoms with Crippen LogP contribution >= 0.6 is 0 Å². The predicted molar refractivity (Wildman–Crippen MR) is 102 cm³/mol. The first-order valence-corrected chi connectivity index (χ1v) is 8.65. The summed E-state index contributed by atoms with van der Waals surface area (Å²) in [6, 6.07) is 8.74. The van der Waals surface area contributed by atoms with Crippen molar-refractivity contribution in [2.24, 2.45) is 0 Å². The highest BCUT2D eigenvalue weighted by molar-refractivity contribution is 6.46. The van der Waals surface area contributed by atoms with Gasteiger partial charge in [-0.05, 0) is 18.2 Å². The van der Waals surface area contributed by atoms with E-state index < -0.39 is 45.5 Å². The predicted octanol–water partition coefficient (Wildman–Crippen LogP) is 1.92. The third kappa shape index (κ3) is 3.49. The summed E-state index contributed by atoms with van der Waals surface area (Å²) in [5.74, 6) is -2.75. The molecule has 1 fully saturated rings. The largest absolute Gasteiger partial charge is 0.507 e. The SMILES string of the molecule is O=C1C(=O)N(CCO)C(c2ccccc2[N+](=O)[O-])/C1=C(/O)c1ccc([N+](=O)[O-])cc1. The van der Waals surface area contributed by atoms with Crippen LogP contribution in [0, 0.1) is 20.2 Å². The van der Waals surface area contributed by atoms with Gasteiger partial charge in [0.15, 0.2) is 0 Å². The molecule has 3 rings (SSSR count). The molecule has 1 amide bonds. The van der Waals surface area contributed by atoms with Gasteiger partial charge in [0, 0.05) is 30.3 Å². The molecular formula is C19H15N3O8. The first-order valence-electron chi connectivity index (χ1n) is 8.65. The summed E-state index contributed by atoms with van der Waals surface area (Å²) in [6.45, 7) is -0.806. The van der Waals surface area contributed by atoms with E-state index in [1.807, 2.05) is 0 Å². The number of nitro benzene ring substituents is 2. The molecule has 0 spiro atoms. The second kappa shape index (κ2) is 8.09. The molecule has 11 nitrogen and oxygen atoms in total. The van der Waals surface area contributed by atoms with Crippen LogP contribution in [0.15, 0.2) is 54.1 Å². The van der Waals surface area contributed by atoms with Gasteiger partial charge in [0.25, 0.3) is 23.1 Å². The van der Waals surface area contributed by atoms with Crippen molar-refractivity contribution in [2.75, 3.05) is 13.2 Å². The van der Waals surface area contributed by atoms with E-state index in [1.54, 1.807) is 0 Å². The zero-order chi connectivity index (χ0) is 22.0. The molecule has 1 heterocycles. The number of rotatable bonds is 6. The average Bonchev–Trinajstić information content (AvgIpc) is 2.98. The third-order valence-electron chi connectivity index (χ3n) is 4.66. The second-order valence-electron chi connectivity index (χ2n) is 6.34. The number of carbonyl (C=O) groups is 2. The monoisotopic (exact) mass is 413 g/mol. The van der Waals surface area contributed by atoms with Gasteiger partial charge in [0.05, 0.1) is 33.6 Å². The molecule has 2 aromatic carbocycles. The number of para-hydroxylation sites is 1. The maximum Gasteiger partial charge on any atom is 0.295 e. The maximum atomic E-state index is 12.7. The smallest absolute Gasteiger partial charge is 0.295 e. The number of carbonyl (C=O) groups excluding carboxylic acids is 2. The van der Waals surface area contributed by atoms with Crippen LogP contribution in [-0.2, 0) is 9.59 Å². The first-order chi connectivity index (χ1) is 14.3. The number of aliphatic hydroxyl groups excluding tert-OH is 2. The van der Waals surface area contributed by atoms with E-state index in [4.69, 9.17) is 0 Å². The molecule has 30 heavy (non-hydrogen) atoms. The Labute approximate surface area is 168 Å². The van der Waals surface area contributed by atoms with Crippen LogP contribution in [0.1, 0.15) is 17.2 Å². The van der Waals surface area contributed by atoms with Gasteiger partial charge in [-0.2, -0.15) is 0 Å². The van der Waals surface area contributed by atoms with Crippen LogP contribution in [0.3, 0.4) is 0 Å². The molecule has 1 aliphatic heterocycles. The van der Waals surface area contributed by atoms with Crippen LogP contribution < -0.4 is 0 Å². The highest BCUT2D eigenvalue weighted by Crippen LogP contribution is 2.42. The Morgan fingerprint density at radius 1 is 1.00 bits per heavy atom. The number of Topliss-reactive ketones (excluding diaryl/α,β-unsaturated/α-hetero) is 1. The Morgan fingerprint density at radius 2 is 1.63 bits per heavy atom. The molecule has 1 unspecified atom stereocenters. The number of aliphatic hydroxyl groups is 2. The lowest BCUT2D eigenvalue weighted by Gasteiger charge is -2.24. The number of non-ortho nitro benzene ring substituents is 1. The first kappa shape index (κ1) is 20.6.